The van der Waals surface area contributed by atoms with E-state index in [1.807, 2.05) is 18.2 Å². The maximum atomic E-state index is 12.1. The number of rotatable bonds is 7. The number of carbonyl (C=O) groups excluding carboxylic acids is 2. The van der Waals surface area contributed by atoms with Gasteiger partial charge in [-0.25, -0.2) is 0 Å². The quantitative estimate of drug-likeness (QED) is 0.805. The van der Waals surface area contributed by atoms with Crippen molar-refractivity contribution < 1.29 is 9.59 Å². The van der Waals surface area contributed by atoms with Crippen molar-refractivity contribution in [3.63, 3.8) is 0 Å². The minimum Gasteiger partial charge on any atom is -0.352 e. The first kappa shape index (κ1) is 14.1. The summed E-state index contributed by atoms with van der Waals surface area (Å²) in [5, 5.41) is 5.62. The van der Waals surface area contributed by atoms with E-state index in [4.69, 9.17) is 0 Å². The van der Waals surface area contributed by atoms with Gasteiger partial charge < -0.3 is 10.6 Å². The molecule has 21 heavy (non-hydrogen) atoms. The van der Waals surface area contributed by atoms with Gasteiger partial charge in [-0.3, -0.25) is 9.59 Å². The molecular weight excluding hydrogens is 264 g/mol. The molecule has 3 rings (SSSR count). The van der Waals surface area contributed by atoms with Crippen molar-refractivity contribution >= 4 is 11.8 Å². The van der Waals surface area contributed by atoms with Gasteiger partial charge in [-0.05, 0) is 43.1 Å². The van der Waals surface area contributed by atoms with Gasteiger partial charge in [0.2, 0.25) is 11.8 Å². The van der Waals surface area contributed by atoms with E-state index in [1.54, 1.807) is 0 Å². The third-order valence-corrected chi connectivity index (χ3v) is 4.21. The molecular formula is C17H22N2O2. The fourth-order valence-corrected chi connectivity index (χ4v) is 2.71. The van der Waals surface area contributed by atoms with E-state index in [1.165, 1.54) is 18.4 Å². The number of hydrogen-bond donors (Lipinski definition) is 2. The number of benzene rings is 1. The van der Waals surface area contributed by atoms with E-state index < -0.39 is 0 Å². The van der Waals surface area contributed by atoms with Crippen molar-refractivity contribution in [3.8, 4) is 0 Å². The van der Waals surface area contributed by atoms with Crippen LogP contribution in [0.4, 0.5) is 0 Å². The van der Waals surface area contributed by atoms with Gasteiger partial charge in [0.25, 0.3) is 0 Å². The molecule has 0 aliphatic heterocycles. The zero-order chi connectivity index (χ0) is 14.7. The SMILES string of the molecule is O=C(CC(c1ccccc1)C1CC1)NCC(=O)NC1CC1. The van der Waals surface area contributed by atoms with Crippen LogP contribution >= 0.6 is 0 Å². The van der Waals surface area contributed by atoms with Gasteiger partial charge in [-0.2, -0.15) is 0 Å². The first-order chi connectivity index (χ1) is 10.2. The highest BCUT2D eigenvalue weighted by Crippen LogP contribution is 2.44. The van der Waals surface area contributed by atoms with Crippen LogP contribution in [-0.2, 0) is 9.59 Å². The summed E-state index contributed by atoms with van der Waals surface area (Å²) in [7, 11) is 0. The van der Waals surface area contributed by atoms with Crippen LogP contribution in [-0.4, -0.2) is 24.4 Å². The first-order valence-electron chi connectivity index (χ1n) is 7.83. The minimum atomic E-state index is -0.0754. The van der Waals surface area contributed by atoms with E-state index in [0.29, 0.717) is 18.4 Å². The molecule has 1 unspecified atom stereocenters. The van der Waals surface area contributed by atoms with Crippen molar-refractivity contribution in [2.75, 3.05) is 6.54 Å². The van der Waals surface area contributed by atoms with E-state index in [0.717, 1.165) is 12.8 Å². The lowest BCUT2D eigenvalue weighted by Crippen LogP contribution is -2.38. The van der Waals surface area contributed by atoms with Crippen LogP contribution in [0.25, 0.3) is 0 Å². The molecule has 0 bridgehead atoms. The molecule has 1 atom stereocenters. The Balaban J connectivity index is 1.48. The summed E-state index contributed by atoms with van der Waals surface area (Å²) in [6.45, 7) is 0.0987. The molecule has 2 aliphatic carbocycles. The van der Waals surface area contributed by atoms with Gasteiger partial charge in [0, 0.05) is 12.5 Å². The van der Waals surface area contributed by atoms with Crippen molar-refractivity contribution in [2.45, 2.75) is 44.1 Å². The highest BCUT2D eigenvalue weighted by Gasteiger charge is 2.33. The molecule has 4 nitrogen and oxygen atoms in total. The van der Waals surface area contributed by atoms with E-state index in [2.05, 4.69) is 22.8 Å². The first-order valence-corrected chi connectivity index (χ1v) is 7.83. The highest BCUT2D eigenvalue weighted by molar-refractivity contribution is 5.85. The second-order valence-corrected chi connectivity index (χ2v) is 6.18. The molecule has 2 aliphatic rings. The van der Waals surface area contributed by atoms with Crippen molar-refractivity contribution in [3.05, 3.63) is 35.9 Å². The van der Waals surface area contributed by atoms with Gasteiger partial charge in [-0.1, -0.05) is 30.3 Å². The molecule has 0 spiro atoms. The lowest BCUT2D eigenvalue weighted by Gasteiger charge is -2.16. The molecule has 2 N–H and O–H groups in total. The highest BCUT2D eigenvalue weighted by atomic mass is 16.2. The number of hydrogen-bond acceptors (Lipinski definition) is 2. The summed E-state index contributed by atoms with van der Waals surface area (Å²) in [5.41, 5.74) is 1.23. The second kappa shape index (κ2) is 6.29. The Labute approximate surface area is 125 Å². The zero-order valence-corrected chi connectivity index (χ0v) is 12.2. The van der Waals surface area contributed by atoms with Crippen LogP contribution < -0.4 is 10.6 Å². The average molecular weight is 286 g/mol. The summed E-state index contributed by atoms with van der Waals surface area (Å²) < 4.78 is 0. The van der Waals surface area contributed by atoms with Gasteiger partial charge in [0.15, 0.2) is 0 Å². The second-order valence-electron chi connectivity index (χ2n) is 6.18. The van der Waals surface area contributed by atoms with Gasteiger partial charge in [-0.15, -0.1) is 0 Å². The van der Waals surface area contributed by atoms with Gasteiger partial charge >= 0.3 is 0 Å². The molecule has 4 heteroatoms. The van der Waals surface area contributed by atoms with E-state index in [-0.39, 0.29) is 24.3 Å². The third-order valence-electron chi connectivity index (χ3n) is 4.21. The van der Waals surface area contributed by atoms with Crippen molar-refractivity contribution in [2.24, 2.45) is 5.92 Å². The number of nitrogens with one attached hydrogen (secondary N) is 2. The maximum absolute atomic E-state index is 12.1. The normalized spacial score (nSPS) is 18.9. The van der Waals surface area contributed by atoms with Crippen molar-refractivity contribution in [1.29, 1.82) is 0 Å². The molecule has 112 valence electrons. The number of carbonyl (C=O) groups is 2. The smallest absolute Gasteiger partial charge is 0.239 e. The molecule has 0 saturated heterocycles. The van der Waals surface area contributed by atoms with Gasteiger partial charge in [0.1, 0.15) is 0 Å². The standard InChI is InChI=1S/C17H22N2O2/c20-16(18-11-17(21)19-14-8-9-14)10-15(13-6-7-13)12-4-2-1-3-5-12/h1-5,13-15H,6-11H2,(H,18,20)(H,19,21). The van der Waals surface area contributed by atoms with Crippen LogP contribution in [0.1, 0.15) is 43.6 Å². The zero-order valence-electron chi connectivity index (χ0n) is 12.2. The Kier molecular flexibility index (Phi) is 4.23. The van der Waals surface area contributed by atoms with E-state index >= 15 is 0 Å². The Morgan fingerprint density at radius 2 is 1.76 bits per heavy atom. The molecule has 0 aromatic heterocycles. The molecule has 2 saturated carbocycles. The monoisotopic (exact) mass is 286 g/mol. The summed E-state index contributed by atoms with van der Waals surface area (Å²) in [6, 6.07) is 10.6. The Morgan fingerprint density at radius 3 is 2.38 bits per heavy atom. The summed E-state index contributed by atoms with van der Waals surface area (Å²) in [6.07, 6.45) is 5.02. The summed E-state index contributed by atoms with van der Waals surface area (Å²) >= 11 is 0. The Morgan fingerprint density at radius 1 is 1.05 bits per heavy atom. The Hall–Kier alpha value is -1.84. The minimum absolute atomic E-state index is 0.0262. The largest absolute Gasteiger partial charge is 0.352 e. The number of amides is 2. The molecule has 0 heterocycles. The van der Waals surface area contributed by atoms with Crippen LogP contribution in [0.2, 0.25) is 0 Å². The van der Waals surface area contributed by atoms with E-state index in [9.17, 15) is 9.59 Å². The molecule has 2 amide bonds. The molecule has 1 aromatic rings. The molecule has 2 fully saturated rings. The summed E-state index contributed by atoms with van der Waals surface area (Å²) in [4.78, 5) is 23.6. The predicted octanol–water partition coefficient (Wildman–Crippen LogP) is 1.97. The van der Waals surface area contributed by atoms with Crippen LogP contribution in [0.15, 0.2) is 30.3 Å². The van der Waals surface area contributed by atoms with Crippen LogP contribution in [0.3, 0.4) is 0 Å². The third kappa shape index (κ3) is 4.31. The fourth-order valence-electron chi connectivity index (χ4n) is 2.71. The fraction of sp³-hybridized carbons (Fsp3) is 0.529. The Bertz CT molecular complexity index is 507. The lowest BCUT2D eigenvalue weighted by molar-refractivity contribution is -0.126. The summed E-state index contributed by atoms with van der Waals surface area (Å²) in [5.74, 6) is 0.811. The predicted molar refractivity (Wildman–Crippen MR) is 80.7 cm³/mol. The topological polar surface area (TPSA) is 58.2 Å². The molecule has 1 aromatic carbocycles. The van der Waals surface area contributed by atoms with Crippen LogP contribution in [0.5, 0.6) is 0 Å². The lowest BCUT2D eigenvalue weighted by atomic mass is 9.91. The van der Waals surface area contributed by atoms with Crippen LogP contribution in [0, 0.1) is 5.92 Å². The molecule has 0 radical (unpaired) electrons. The van der Waals surface area contributed by atoms with Crippen molar-refractivity contribution in [1.82, 2.24) is 10.6 Å². The van der Waals surface area contributed by atoms with Gasteiger partial charge in [0.05, 0.1) is 6.54 Å². The maximum Gasteiger partial charge on any atom is 0.239 e. The average Bonchev–Trinajstić information content (AvgIpc) is 3.37.